The largest absolute Gasteiger partial charge is 0.439 e. The summed E-state index contributed by atoms with van der Waals surface area (Å²) in [5.41, 5.74) is 6.60. The molecule has 0 saturated heterocycles. The van der Waals surface area contributed by atoms with Crippen molar-refractivity contribution in [3.8, 4) is 0 Å². The molecule has 18 heavy (non-hydrogen) atoms. The Labute approximate surface area is 110 Å². The number of nitrogens with zero attached hydrogens (tertiary/aromatic N) is 1. The summed E-state index contributed by atoms with van der Waals surface area (Å²) in [7, 11) is 0. The van der Waals surface area contributed by atoms with Crippen molar-refractivity contribution in [2.24, 2.45) is 11.7 Å². The van der Waals surface area contributed by atoms with Gasteiger partial charge in [-0.25, -0.2) is 9.37 Å². The van der Waals surface area contributed by atoms with Gasteiger partial charge in [0.25, 0.3) is 0 Å². The summed E-state index contributed by atoms with van der Waals surface area (Å²) in [6, 6.07) is 2.54. The lowest BCUT2D eigenvalue weighted by Gasteiger charge is -2.12. The van der Waals surface area contributed by atoms with Gasteiger partial charge in [-0.05, 0) is 18.4 Å². The standard InChI is InChI=1S/C13H16ClFN2O/c1-7(2)3-8(6-16)13-17-11-5-9(15)4-10(14)12(11)18-13/h4-5,7-8H,3,6,16H2,1-2H3. The number of nitrogens with two attached hydrogens (primary N) is 1. The highest BCUT2D eigenvalue weighted by molar-refractivity contribution is 6.34. The normalized spacial score (nSPS) is 13.4. The van der Waals surface area contributed by atoms with Crippen LogP contribution in [-0.2, 0) is 0 Å². The SMILES string of the molecule is CC(C)CC(CN)c1nc2cc(F)cc(Cl)c2o1. The van der Waals surface area contributed by atoms with E-state index < -0.39 is 5.82 Å². The van der Waals surface area contributed by atoms with Crippen LogP contribution in [-0.4, -0.2) is 11.5 Å². The summed E-state index contributed by atoms with van der Waals surface area (Å²) in [6.45, 7) is 4.67. The molecular weight excluding hydrogens is 255 g/mol. The van der Waals surface area contributed by atoms with Crippen molar-refractivity contribution in [1.82, 2.24) is 4.98 Å². The zero-order chi connectivity index (χ0) is 13.3. The Morgan fingerprint density at radius 3 is 2.78 bits per heavy atom. The molecule has 1 aromatic carbocycles. The first-order chi connectivity index (χ1) is 8.51. The van der Waals surface area contributed by atoms with E-state index in [0.717, 1.165) is 6.42 Å². The lowest BCUT2D eigenvalue weighted by molar-refractivity contribution is 0.414. The summed E-state index contributed by atoms with van der Waals surface area (Å²) in [4.78, 5) is 4.29. The number of halogens is 2. The maximum atomic E-state index is 13.2. The first-order valence-electron chi connectivity index (χ1n) is 5.96. The van der Waals surface area contributed by atoms with E-state index in [1.807, 2.05) is 0 Å². The van der Waals surface area contributed by atoms with Crippen molar-refractivity contribution in [1.29, 1.82) is 0 Å². The van der Waals surface area contributed by atoms with Gasteiger partial charge in [-0.15, -0.1) is 0 Å². The number of hydrogen-bond donors (Lipinski definition) is 1. The zero-order valence-corrected chi connectivity index (χ0v) is 11.2. The van der Waals surface area contributed by atoms with Crippen molar-refractivity contribution in [2.75, 3.05) is 6.54 Å². The molecule has 2 aromatic rings. The fourth-order valence-corrected chi connectivity index (χ4v) is 2.26. The lowest BCUT2D eigenvalue weighted by Crippen LogP contribution is -2.14. The Morgan fingerprint density at radius 1 is 1.44 bits per heavy atom. The molecule has 3 nitrogen and oxygen atoms in total. The van der Waals surface area contributed by atoms with Crippen molar-refractivity contribution in [2.45, 2.75) is 26.2 Å². The first-order valence-corrected chi connectivity index (χ1v) is 6.34. The molecule has 1 unspecified atom stereocenters. The van der Waals surface area contributed by atoms with Gasteiger partial charge in [0.2, 0.25) is 0 Å². The van der Waals surface area contributed by atoms with Crippen LogP contribution in [0.2, 0.25) is 5.02 Å². The molecule has 0 fully saturated rings. The smallest absolute Gasteiger partial charge is 0.199 e. The third-order valence-electron chi connectivity index (χ3n) is 2.82. The predicted octanol–water partition coefficient (Wildman–Crippen LogP) is 3.71. The molecule has 1 heterocycles. The van der Waals surface area contributed by atoms with Gasteiger partial charge in [0.1, 0.15) is 11.3 Å². The number of aromatic nitrogens is 1. The van der Waals surface area contributed by atoms with Crippen molar-refractivity contribution >= 4 is 22.7 Å². The Balaban J connectivity index is 2.42. The lowest BCUT2D eigenvalue weighted by atomic mass is 9.97. The van der Waals surface area contributed by atoms with E-state index in [-0.39, 0.29) is 10.9 Å². The van der Waals surface area contributed by atoms with Crippen LogP contribution in [0, 0.1) is 11.7 Å². The van der Waals surface area contributed by atoms with Gasteiger partial charge < -0.3 is 10.2 Å². The molecule has 98 valence electrons. The highest BCUT2D eigenvalue weighted by Gasteiger charge is 2.19. The van der Waals surface area contributed by atoms with E-state index in [2.05, 4.69) is 18.8 Å². The Bertz CT molecular complexity index is 553. The number of rotatable bonds is 4. The van der Waals surface area contributed by atoms with Crippen LogP contribution < -0.4 is 5.73 Å². The third kappa shape index (κ3) is 2.65. The van der Waals surface area contributed by atoms with Gasteiger partial charge in [0, 0.05) is 18.5 Å². The van der Waals surface area contributed by atoms with Crippen molar-refractivity contribution in [3.63, 3.8) is 0 Å². The number of oxazole rings is 1. The predicted molar refractivity (Wildman–Crippen MR) is 70.2 cm³/mol. The number of hydrogen-bond acceptors (Lipinski definition) is 3. The molecule has 1 atom stereocenters. The second kappa shape index (κ2) is 5.24. The maximum absolute atomic E-state index is 13.2. The Morgan fingerprint density at radius 2 is 2.17 bits per heavy atom. The summed E-state index contributed by atoms with van der Waals surface area (Å²) < 4.78 is 18.8. The van der Waals surface area contributed by atoms with Crippen LogP contribution in [0.15, 0.2) is 16.5 Å². The van der Waals surface area contributed by atoms with E-state index in [0.29, 0.717) is 29.5 Å². The minimum absolute atomic E-state index is 0.0385. The van der Waals surface area contributed by atoms with Crippen LogP contribution in [0.4, 0.5) is 4.39 Å². The van der Waals surface area contributed by atoms with Gasteiger partial charge in [0.05, 0.1) is 5.02 Å². The zero-order valence-electron chi connectivity index (χ0n) is 10.4. The molecule has 0 spiro atoms. The second-order valence-electron chi connectivity index (χ2n) is 4.85. The number of fused-ring (bicyclic) bond motifs is 1. The van der Waals surface area contributed by atoms with E-state index in [4.69, 9.17) is 21.8 Å². The fraction of sp³-hybridized carbons (Fsp3) is 0.462. The van der Waals surface area contributed by atoms with Crippen molar-refractivity contribution in [3.05, 3.63) is 28.9 Å². The van der Waals surface area contributed by atoms with Crippen LogP contribution in [0.5, 0.6) is 0 Å². The van der Waals surface area contributed by atoms with Crippen LogP contribution in [0.25, 0.3) is 11.1 Å². The molecule has 2 N–H and O–H groups in total. The van der Waals surface area contributed by atoms with Gasteiger partial charge in [-0.2, -0.15) is 0 Å². The molecule has 0 aliphatic rings. The summed E-state index contributed by atoms with van der Waals surface area (Å²) in [5, 5.41) is 0.240. The average Bonchev–Trinajstić information content (AvgIpc) is 2.69. The fourth-order valence-electron chi connectivity index (χ4n) is 2.02. The topological polar surface area (TPSA) is 52.0 Å². The minimum Gasteiger partial charge on any atom is -0.439 e. The quantitative estimate of drug-likeness (QED) is 0.921. The van der Waals surface area contributed by atoms with Crippen molar-refractivity contribution < 1.29 is 8.81 Å². The van der Waals surface area contributed by atoms with E-state index in [1.54, 1.807) is 0 Å². The molecule has 0 bridgehead atoms. The van der Waals surface area contributed by atoms with Crippen LogP contribution >= 0.6 is 11.6 Å². The second-order valence-corrected chi connectivity index (χ2v) is 5.26. The van der Waals surface area contributed by atoms with Gasteiger partial charge in [-0.1, -0.05) is 25.4 Å². The Kier molecular flexibility index (Phi) is 3.88. The Hall–Kier alpha value is -1.13. The molecule has 1 aromatic heterocycles. The highest BCUT2D eigenvalue weighted by Crippen LogP contribution is 2.30. The summed E-state index contributed by atoms with van der Waals surface area (Å²) >= 11 is 5.92. The molecule has 2 rings (SSSR count). The summed E-state index contributed by atoms with van der Waals surface area (Å²) in [6.07, 6.45) is 0.878. The maximum Gasteiger partial charge on any atom is 0.199 e. The molecule has 0 aliphatic carbocycles. The minimum atomic E-state index is -0.416. The molecule has 0 amide bonds. The molecule has 5 heteroatoms. The molecule has 0 aliphatic heterocycles. The summed E-state index contributed by atoms with van der Waals surface area (Å²) in [5.74, 6) is 0.645. The third-order valence-corrected chi connectivity index (χ3v) is 3.10. The first kappa shape index (κ1) is 13.3. The van der Waals surface area contributed by atoms with E-state index in [9.17, 15) is 4.39 Å². The van der Waals surface area contributed by atoms with E-state index >= 15 is 0 Å². The van der Waals surface area contributed by atoms with Crippen LogP contribution in [0.1, 0.15) is 32.1 Å². The van der Waals surface area contributed by atoms with E-state index in [1.165, 1.54) is 12.1 Å². The number of benzene rings is 1. The van der Waals surface area contributed by atoms with Gasteiger partial charge >= 0.3 is 0 Å². The average molecular weight is 271 g/mol. The molecule has 0 saturated carbocycles. The van der Waals surface area contributed by atoms with Gasteiger partial charge in [0.15, 0.2) is 11.5 Å². The van der Waals surface area contributed by atoms with Gasteiger partial charge in [-0.3, -0.25) is 0 Å². The monoisotopic (exact) mass is 270 g/mol. The highest BCUT2D eigenvalue weighted by atomic mass is 35.5. The molecular formula is C13H16ClFN2O. The van der Waals surface area contributed by atoms with Crippen LogP contribution in [0.3, 0.4) is 0 Å². The molecule has 0 radical (unpaired) electrons.